The van der Waals surface area contributed by atoms with Crippen molar-refractivity contribution < 1.29 is 9.59 Å². The Kier molecular flexibility index (Phi) is 3.80. The number of Topliss-reactive ketones (excluding diaryl/α,β-unsaturated/α-hetero) is 1. The second kappa shape index (κ2) is 5.34. The lowest BCUT2D eigenvalue weighted by Gasteiger charge is -2.25. The van der Waals surface area contributed by atoms with Gasteiger partial charge in [0.2, 0.25) is 5.91 Å². The van der Waals surface area contributed by atoms with E-state index in [2.05, 4.69) is 13.0 Å². The highest BCUT2D eigenvalue weighted by molar-refractivity contribution is 5.88. The summed E-state index contributed by atoms with van der Waals surface area (Å²) in [6.45, 7) is 5.12. The minimum atomic E-state index is 0.0614. The van der Waals surface area contributed by atoms with Crippen molar-refractivity contribution in [2.75, 3.05) is 13.1 Å². The molecule has 1 aliphatic heterocycles. The maximum absolute atomic E-state index is 12.1. The number of rotatable bonds is 2. The van der Waals surface area contributed by atoms with Crippen molar-refractivity contribution in [3.8, 4) is 0 Å². The van der Waals surface area contributed by atoms with Gasteiger partial charge in [-0.05, 0) is 37.0 Å². The molecule has 0 saturated carbocycles. The molecule has 1 saturated heterocycles. The smallest absolute Gasteiger partial charge is 0.227 e. The number of piperidine rings is 1. The van der Waals surface area contributed by atoms with Gasteiger partial charge in [-0.15, -0.1) is 0 Å². The summed E-state index contributed by atoms with van der Waals surface area (Å²) in [5, 5.41) is 0. The minimum Gasteiger partial charge on any atom is -0.335 e. The van der Waals surface area contributed by atoms with Gasteiger partial charge in [-0.3, -0.25) is 9.59 Å². The van der Waals surface area contributed by atoms with Gasteiger partial charge >= 0.3 is 0 Å². The lowest BCUT2D eigenvalue weighted by Crippen LogP contribution is -2.40. The number of carbonyl (C=O) groups excluding carboxylic acids is 2. The van der Waals surface area contributed by atoms with E-state index in [9.17, 15) is 9.59 Å². The molecule has 1 aromatic carbocycles. The van der Waals surface area contributed by atoms with Gasteiger partial charge in [0.15, 0.2) is 5.78 Å². The molecule has 1 heterocycles. The van der Waals surface area contributed by atoms with E-state index < -0.39 is 0 Å². The molecule has 3 heteroatoms. The maximum atomic E-state index is 12.1. The van der Waals surface area contributed by atoms with Crippen LogP contribution < -0.4 is 0 Å². The molecular weight excluding hydrogens is 226 g/mol. The number of nitrogens with zero attached hydrogens (tertiary/aromatic N) is 1. The summed E-state index contributed by atoms with van der Waals surface area (Å²) in [6, 6.07) is 6.09. The fourth-order valence-corrected chi connectivity index (χ4v) is 2.25. The highest BCUT2D eigenvalue weighted by Gasteiger charge is 2.21. The first-order valence-electron chi connectivity index (χ1n) is 6.42. The third-order valence-electron chi connectivity index (χ3n) is 3.53. The van der Waals surface area contributed by atoms with E-state index in [-0.39, 0.29) is 11.7 Å². The SMILES string of the molecule is Cc1ccc(CC(=O)N2CCCC(=O)C2)cc1C. The number of hydrogen-bond acceptors (Lipinski definition) is 2. The van der Waals surface area contributed by atoms with Gasteiger partial charge < -0.3 is 4.90 Å². The highest BCUT2D eigenvalue weighted by Crippen LogP contribution is 2.13. The summed E-state index contributed by atoms with van der Waals surface area (Å²) in [6.07, 6.45) is 1.82. The molecule has 1 fully saturated rings. The molecule has 0 bridgehead atoms. The van der Waals surface area contributed by atoms with Gasteiger partial charge in [-0.2, -0.15) is 0 Å². The van der Waals surface area contributed by atoms with Crippen molar-refractivity contribution >= 4 is 11.7 Å². The Balaban J connectivity index is 2.02. The minimum absolute atomic E-state index is 0.0614. The van der Waals surface area contributed by atoms with Crippen LogP contribution in [0.1, 0.15) is 29.5 Å². The largest absolute Gasteiger partial charge is 0.335 e. The van der Waals surface area contributed by atoms with Gasteiger partial charge in [0.25, 0.3) is 0 Å². The van der Waals surface area contributed by atoms with Crippen LogP contribution in [0.25, 0.3) is 0 Å². The number of likely N-dealkylation sites (tertiary alicyclic amines) is 1. The normalized spacial score (nSPS) is 15.9. The van der Waals surface area contributed by atoms with E-state index in [0.717, 1.165) is 18.5 Å². The summed E-state index contributed by atoms with van der Waals surface area (Å²) in [7, 11) is 0. The van der Waals surface area contributed by atoms with E-state index in [1.54, 1.807) is 4.90 Å². The number of aryl methyl sites for hydroxylation is 2. The van der Waals surface area contributed by atoms with Crippen molar-refractivity contribution in [3.63, 3.8) is 0 Å². The van der Waals surface area contributed by atoms with Crippen LogP contribution in [0.4, 0.5) is 0 Å². The number of benzene rings is 1. The number of hydrogen-bond donors (Lipinski definition) is 0. The van der Waals surface area contributed by atoms with Crippen LogP contribution in [-0.2, 0) is 16.0 Å². The molecule has 0 spiro atoms. The number of ketones is 1. The van der Waals surface area contributed by atoms with E-state index in [1.807, 2.05) is 19.1 Å². The van der Waals surface area contributed by atoms with Crippen molar-refractivity contribution in [2.45, 2.75) is 33.1 Å². The molecule has 0 radical (unpaired) electrons. The fourth-order valence-electron chi connectivity index (χ4n) is 2.25. The second-order valence-corrected chi connectivity index (χ2v) is 5.05. The standard InChI is InChI=1S/C15H19NO2/c1-11-5-6-13(8-12(11)2)9-15(18)16-7-3-4-14(17)10-16/h5-6,8H,3-4,7,9-10H2,1-2H3. The quantitative estimate of drug-likeness (QED) is 0.799. The Labute approximate surface area is 108 Å². The van der Waals surface area contributed by atoms with E-state index in [4.69, 9.17) is 0 Å². The molecule has 18 heavy (non-hydrogen) atoms. The topological polar surface area (TPSA) is 37.4 Å². The van der Waals surface area contributed by atoms with Crippen molar-refractivity contribution in [1.29, 1.82) is 0 Å². The van der Waals surface area contributed by atoms with Gasteiger partial charge in [0.05, 0.1) is 13.0 Å². The summed E-state index contributed by atoms with van der Waals surface area (Å²) >= 11 is 0. The monoisotopic (exact) mass is 245 g/mol. The molecule has 0 aliphatic carbocycles. The first kappa shape index (κ1) is 12.8. The molecule has 0 atom stereocenters. The average Bonchev–Trinajstić information content (AvgIpc) is 2.34. The van der Waals surface area contributed by atoms with E-state index in [1.165, 1.54) is 11.1 Å². The van der Waals surface area contributed by atoms with Crippen LogP contribution in [0.5, 0.6) is 0 Å². The molecule has 1 amide bonds. The third-order valence-corrected chi connectivity index (χ3v) is 3.53. The molecule has 0 unspecified atom stereocenters. The fraction of sp³-hybridized carbons (Fsp3) is 0.467. The van der Waals surface area contributed by atoms with Crippen molar-refractivity contribution in [3.05, 3.63) is 34.9 Å². The molecule has 2 rings (SSSR count). The summed E-state index contributed by atoms with van der Waals surface area (Å²) in [5.74, 6) is 0.237. The lowest BCUT2D eigenvalue weighted by molar-refractivity contribution is -0.137. The molecular formula is C15H19NO2. The molecule has 1 aromatic rings. The first-order valence-corrected chi connectivity index (χ1v) is 6.42. The summed E-state index contributed by atoms with van der Waals surface area (Å²) in [5.41, 5.74) is 3.47. The summed E-state index contributed by atoms with van der Waals surface area (Å²) < 4.78 is 0. The maximum Gasteiger partial charge on any atom is 0.227 e. The van der Waals surface area contributed by atoms with E-state index >= 15 is 0 Å². The van der Waals surface area contributed by atoms with Crippen LogP contribution in [0.15, 0.2) is 18.2 Å². The van der Waals surface area contributed by atoms with Crippen LogP contribution in [0, 0.1) is 13.8 Å². The summed E-state index contributed by atoms with van der Waals surface area (Å²) in [4.78, 5) is 25.1. The average molecular weight is 245 g/mol. The molecule has 0 aromatic heterocycles. The highest BCUT2D eigenvalue weighted by atomic mass is 16.2. The predicted molar refractivity (Wildman–Crippen MR) is 70.4 cm³/mol. The first-order chi connectivity index (χ1) is 8.56. The van der Waals surface area contributed by atoms with Crippen LogP contribution in [-0.4, -0.2) is 29.7 Å². The van der Waals surface area contributed by atoms with Crippen molar-refractivity contribution in [2.24, 2.45) is 0 Å². The zero-order valence-electron chi connectivity index (χ0n) is 11.0. The molecule has 0 N–H and O–H groups in total. The Morgan fingerprint density at radius 3 is 2.72 bits per heavy atom. The zero-order valence-corrected chi connectivity index (χ0v) is 11.0. The second-order valence-electron chi connectivity index (χ2n) is 5.05. The zero-order chi connectivity index (χ0) is 13.1. The van der Waals surface area contributed by atoms with Gasteiger partial charge in [-0.25, -0.2) is 0 Å². The Hall–Kier alpha value is -1.64. The molecule has 96 valence electrons. The lowest BCUT2D eigenvalue weighted by atomic mass is 10.0. The number of amides is 1. The van der Waals surface area contributed by atoms with E-state index in [0.29, 0.717) is 19.4 Å². The predicted octanol–water partition coefficient (Wildman–Crippen LogP) is 2.04. The van der Waals surface area contributed by atoms with Crippen LogP contribution in [0.3, 0.4) is 0 Å². The molecule has 1 aliphatic rings. The van der Waals surface area contributed by atoms with Crippen LogP contribution in [0.2, 0.25) is 0 Å². The molecule has 3 nitrogen and oxygen atoms in total. The number of carbonyl (C=O) groups is 2. The van der Waals surface area contributed by atoms with Gasteiger partial charge in [-0.1, -0.05) is 18.2 Å². The Bertz CT molecular complexity index is 479. The third kappa shape index (κ3) is 2.97. The van der Waals surface area contributed by atoms with Crippen LogP contribution >= 0.6 is 0 Å². The Morgan fingerprint density at radius 1 is 1.28 bits per heavy atom. The van der Waals surface area contributed by atoms with Crippen molar-refractivity contribution in [1.82, 2.24) is 4.90 Å². The van der Waals surface area contributed by atoms with Gasteiger partial charge in [0.1, 0.15) is 0 Å². The Morgan fingerprint density at radius 2 is 2.06 bits per heavy atom. The van der Waals surface area contributed by atoms with Gasteiger partial charge in [0, 0.05) is 13.0 Å².